The third kappa shape index (κ3) is 6.99. The molecule has 34 heavy (non-hydrogen) atoms. The van der Waals surface area contributed by atoms with E-state index in [0.717, 1.165) is 22.3 Å². The summed E-state index contributed by atoms with van der Waals surface area (Å²) in [7, 11) is 1.56. The molecular weight excluding hydrogens is 471 g/mol. The average molecular weight is 499 g/mol. The molecule has 0 radical (unpaired) electrons. The number of nitrogens with one attached hydrogen (secondary N) is 1. The van der Waals surface area contributed by atoms with E-state index in [1.54, 1.807) is 25.2 Å². The molecule has 3 aromatic rings. The van der Waals surface area contributed by atoms with E-state index in [-0.39, 0.29) is 25.0 Å². The van der Waals surface area contributed by atoms with Gasteiger partial charge in [0.05, 0.1) is 10.0 Å². The van der Waals surface area contributed by atoms with Crippen LogP contribution in [0.15, 0.2) is 66.7 Å². The molecule has 0 bridgehead atoms. The number of benzene rings is 3. The van der Waals surface area contributed by atoms with Gasteiger partial charge in [0.1, 0.15) is 11.8 Å². The SMILES string of the molecule is CNC(=O)[C@H](Cc1ccccc1)N(Cc1ccc(Cl)c(Cl)c1)C(=O)COc1cc(C)cc(C)c1. The zero-order chi connectivity index (χ0) is 24.7. The largest absolute Gasteiger partial charge is 0.484 e. The maximum Gasteiger partial charge on any atom is 0.261 e. The molecule has 0 heterocycles. The van der Waals surface area contributed by atoms with Crippen LogP contribution in [0.4, 0.5) is 0 Å². The molecule has 3 rings (SSSR count). The highest BCUT2D eigenvalue weighted by Gasteiger charge is 2.30. The van der Waals surface area contributed by atoms with Crippen LogP contribution in [0.2, 0.25) is 10.0 Å². The van der Waals surface area contributed by atoms with Crippen molar-refractivity contribution in [3.05, 3.63) is 99.0 Å². The Hall–Kier alpha value is -3.02. The lowest BCUT2D eigenvalue weighted by Crippen LogP contribution is -2.51. The van der Waals surface area contributed by atoms with E-state index in [4.69, 9.17) is 27.9 Å². The minimum absolute atomic E-state index is 0.177. The molecule has 0 saturated heterocycles. The highest BCUT2D eigenvalue weighted by atomic mass is 35.5. The zero-order valence-corrected chi connectivity index (χ0v) is 21.0. The summed E-state index contributed by atoms with van der Waals surface area (Å²) in [6.45, 7) is 3.92. The van der Waals surface area contributed by atoms with Gasteiger partial charge >= 0.3 is 0 Å². The summed E-state index contributed by atoms with van der Waals surface area (Å²) in [5.74, 6) is 0.0401. The van der Waals surface area contributed by atoms with E-state index in [2.05, 4.69) is 5.32 Å². The van der Waals surface area contributed by atoms with Gasteiger partial charge in [-0.3, -0.25) is 9.59 Å². The fourth-order valence-electron chi connectivity index (χ4n) is 3.80. The Morgan fingerprint density at radius 2 is 1.59 bits per heavy atom. The molecule has 0 aliphatic rings. The van der Waals surface area contributed by atoms with Crippen LogP contribution in [-0.4, -0.2) is 36.4 Å². The molecule has 1 atom stereocenters. The summed E-state index contributed by atoms with van der Waals surface area (Å²) in [5, 5.41) is 3.51. The van der Waals surface area contributed by atoms with Crippen LogP contribution >= 0.6 is 23.2 Å². The van der Waals surface area contributed by atoms with Gasteiger partial charge in [-0.2, -0.15) is 0 Å². The summed E-state index contributed by atoms with van der Waals surface area (Å²) in [6, 6.07) is 19.8. The second-order valence-electron chi connectivity index (χ2n) is 8.20. The van der Waals surface area contributed by atoms with Crippen LogP contribution in [0.5, 0.6) is 5.75 Å². The Morgan fingerprint density at radius 1 is 0.912 bits per heavy atom. The van der Waals surface area contributed by atoms with Gasteiger partial charge in [0.15, 0.2) is 6.61 Å². The minimum Gasteiger partial charge on any atom is -0.484 e. The number of nitrogens with zero attached hydrogens (tertiary/aromatic N) is 1. The van der Waals surface area contributed by atoms with Crippen LogP contribution in [0.1, 0.15) is 22.3 Å². The summed E-state index contributed by atoms with van der Waals surface area (Å²) >= 11 is 12.3. The third-order valence-corrected chi connectivity index (χ3v) is 6.15. The number of amides is 2. The average Bonchev–Trinajstić information content (AvgIpc) is 2.81. The van der Waals surface area contributed by atoms with Gasteiger partial charge < -0.3 is 15.0 Å². The predicted octanol–water partition coefficient (Wildman–Crippen LogP) is 5.38. The number of halogens is 2. The predicted molar refractivity (Wildman–Crippen MR) is 136 cm³/mol. The molecule has 0 spiro atoms. The molecule has 3 aromatic carbocycles. The van der Waals surface area contributed by atoms with Gasteiger partial charge in [0, 0.05) is 20.0 Å². The number of hydrogen-bond donors (Lipinski definition) is 1. The first kappa shape index (κ1) is 25.6. The molecule has 0 unspecified atom stereocenters. The first-order valence-corrected chi connectivity index (χ1v) is 11.7. The van der Waals surface area contributed by atoms with E-state index in [1.165, 1.54) is 4.90 Å². The summed E-state index contributed by atoms with van der Waals surface area (Å²) < 4.78 is 5.83. The van der Waals surface area contributed by atoms with Crippen molar-refractivity contribution in [2.24, 2.45) is 0 Å². The molecule has 0 aliphatic carbocycles. The number of likely N-dealkylation sites (N-methyl/N-ethyl adjacent to an activating group) is 1. The molecule has 178 valence electrons. The van der Waals surface area contributed by atoms with Gasteiger partial charge in [-0.25, -0.2) is 0 Å². The summed E-state index contributed by atoms with van der Waals surface area (Å²) in [5.41, 5.74) is 3.79. The molecule has 1 N–H and O–H groups in total. The lowest BCUT2D eigenvalue weighted by Gasteiger charge is -2.31. The van der Waals surface area contributed by atoms with Crippen LogP contribution in [0.25, 0.3) is 0 Å². The van der Waals surface area contributed by atoms with Crippen molar-refractivity contribution in [1.82, 2.24) is 10.2 Å². The highest BCUT2D eigenvalue weighted by molar-refractivity contribution is 6.42. The second kappa shape index (κ2) is 11.9. The van der Waals surface area contributed by atoms with Gasteiger partial charge in [-0.15, -0.1) is 0 Å². The van der Waals surface area contributed by atoms with Gasteiger partial charge in [0.25, 0.3) is 5.91 Å². The van der Waals surface area contributed by atoms with Crippen molar-refractivity contribution in [3.8, 4) is 5.75 Å². The number of carbonyl (C=O) groups is 2. The Bertz CT molecular complexity index is 1130. The molecule has 7 heteroatoms. The van der Waals surface area contributed by atoms with E-state index in [9.17, 15) is 9.59 Å². The Morgan fingerprint density at radius 3 is 2.21 bits per heavy atom. The highest BCUT2D eigenvalue weighted by Crippen LogP contribution is 2.24. The molecule has 0 aliphatic heterocycles. The molecule has 2 amide bonds. The normalized spacial score (nSPS) is 11.6. The maximum absolute atomic E-state index is 13.5. The fourth-order valence-corrected chi connectivity index (χ4v) is 4.12. The molecule has 0 saturated carbocycles. The number of carbonyl (C=O) groups excluding carboxylic acids is 2. The third-order valence-electron chi connectivity index (χ3n) is 5.41. The smallest absolute Gasteiger partial charge is 0.261 e. The first-order chi connectivity index (χ1) is 16.3. The Balaban J connectivity index is 1.90. The van der Waals surface area contributed by atoms with Crippen molar-refractivity contribution in [2.45, 2.75) is 32.9 Å². The molecule has 5 nitrogen and oxygen atoms in total. The van der Waals surface area contributed by atoms with Gasteiger partial charge in [-0.05, 0) is 60.4 Å². The van der Waals surface area contributed by atoms with Gasteiger partial charge in [-0.1, -0.05) is 65.7 Å². The Labute approximate surface area is 210 Å². The van der Waals surface area contributed by atoms with E-state index in [0.29, 0.717) is 22.2 Å². The second-order valence-corrected chi connectivity index (χ2v) is 9.02. The van der Waals surface area contributed by atoms with E-state index >= 15 is 0 Å². The van der Waals surface area contributed by atoms with E-state index in [1.807, 2.05) is 62.4 Å². The topological polar surface area (TPSA) is 58.6 Å². The summed E-state index contributed by atoms with van der Waals surface area (Å²) in [4.78, 5) is 27.9. The van der Waals surface area contributed by atoms with Gasteiger partial charge in [0.2, 0.25) is 5.91 Å². The summed E-state index contributed by atoms with van der Waals surface area (Å²) in [6.07, 6.45) is 0.358. The Kier molecular flexibility index (Phi) is 8.97. The van der Waals surface area contributed by atoms with Crippen molar-refractivity contribution in [1.29, 1.82) is 0 Å². The monoisotopic (exact) mass is 498 g/mol. The van der Waals surface area contributed by atoms with E-state index < -0.39 is 6.04 Å². The zero-order valence-electron chi connectivity index (χ0n) is 19.5. The van der Waals surface area contributed by atoms with Crippen LogP contribution in [0.3, 0.4) is 0 Å². The number of ether oxygens (including phenoxy) is 1. The van der Waals surface area contributed by atoms with Crippen molar-refractivity contribution in [3.63, 3.8) is 0 Å². The minimum atomic E-state index is -0.739. The maximum atomic E-state index is 13.5. The fraction of sp³-hybridized carbons (Fsp3) is 0.259. The van der Waals surface area contributed by atoms with Crippen LogP contribution < -0.4 is 10.1 Å². The molecule has 0 aromatic heterocycles. The standard InChI is InChI=1S/C27H28Cl2N2O3/c1-18-11-19(2)13-22(12-18)34-17-26(32)31(16-21-9-10-23(28)24(29)14-21)25(27(33)30-3)15-20-7-5-4-6-8-20/h4-14,25H,15-17H2,1-3H3,(H,30,33)/t25-/m0/s1. The van der Waals surface area contributed by atoms with Crippen molar-refractivity contribution >= 4 is 35.0 Å². The van der Waals surface area contributed by atoms with Crippen molar-refractivity contribution in [2.75, 3.05) is 13.7 Å². The molecule has 0 fully saturated rings. The molecular formula is C27H28Cl2N2O3. The lowest BCUT2D eigenvalue weighted by atomic mass is 10.0. The first-order valence-electron chi connectivity index (χ1n) is 11.0. The number of hydrogen-bond acceptors (Lipinski definition) is 3. The van der Waals surface area contributed by atoms with Crippen LogP contribution in [-0.2, 0) is 22.6 Å². The number of aryl methyl sites for hydroxylation is 2. The lowest BCUT2D eigenvalue weighted by molar-refractivity contribution is -0.142. The number of rotatable bonds is 9. The quantitative estimate of drug-likeness (QED) is 0.431. The van der Waals surface area contributed by atoms with Crippen LogP contribution in [0, 0.1) is 13.8 Å². The van der Waals surface area contributed by atoms with Crippen molar-refractivity contribution < 1.29 is 14.3 Å².